The van der Waals surface area contributed by atoms with Gasteiger partial charge in [-0.25, -0.2) is 0 Å². The number of methoxy groups -OCH3 is 1. The van der Waals surface area contributed by atoms with Crippen LogP contribution in [0, 0.1) is 6.92 Å². The number of anilines is 2. The zero-order chi connectivity index (χ0) is 18.0. The van der Waals surface area contributed by atoms with E-state index in [1.807, 2.05) is 14.0 Å². The Bertz CT molecular complexity index is 767. The van der Waals surface area contributed by atoms with E-state index in [0.29, 0.717) is 29.9 Å². The molecule has 0 aliphatic carbocycles. The van der Waals surface area contributed by atoms with E-state index in [0.717, 1.165) is 41.8 Å². The predicted octanol–water partition coefficient (Wildman–Crippen LogP) is 1.03. The van der Waals surface area contributed by atoms with Crippen molar-refractivity contribution in [2.75, 3.05) is 51.5 Å². The van der Waals surface area contributed by atoms with Gasteiger partial charge in [-0.1, -0.05) is 0 Å². The number of aryl methyl sites for hydroxylation is 1. The molecular weight excluding hydrogens is 320 g/mol. The molecule has 2 aromatic rings. The molecule has 2 aromatic heterocycles. The summed E-state index contributed by atoms with van der Waals surface area (Å²) in [6.45, 7) is 4.07. The third-order valence-corrected chi connectivity index (χ3v) is 4.70. The summed E-state index contributed by atoms with van der Waals surface area (Å²) in [7, 11) is 5.53. The van der Waals surface area contributed by atoms with E-state index in [9.17, 15) is 5.11 Å². The molecule has 0 saturated carbocycles. The number of hydrogen-bond donors (Lipinski definition) is 3. The minimum atomic E-state index is 0.0367. The first-order valence-electron chi connectivity index (χ1n) is 8.56. The zero-order valence-corrected chi connectivity index (χ0v) is 15.3. The summed E-state index contributed by atoms with van der Waals surface area (Å²) in [4.78, 5) is 16.1. The lowest BCUT2D eigenvalue weighted by atomic mass is 10.0. The molecule has 1 aliphatic heterocycles. The number of likely N-dealkylation sites (N-methyl/N-ethyl adjacent to an activating group) is 1. The Labute approximate surface area is 147 Å². The van der Waals surface area contributed by atoms with E-state index >= 15 is 0 Å². The summed E-state index contributed by atoms with van der Waals surface area (Å²) < 4.78 is 5.42. The second-order valence-electron chi connectivity index (χ2n) is 6.43. The molecule has 1 saturated heterocycles. The van der Waals surface area contributed by atoms with Crippen LogP contribution in [-0.2, 0) is 6.42 Å². The molecule has 0 bridgehead atoms. The lowest BCUT2D eigenvalue weighted by Crippen LogP contribution is -2.24. The van der Waals surface area contributed by atoms with E-state index in [1.54, 1.807) is 7.11 Å². The van der Waals surface area contributed by atoms with Crippen LogP contribution in [0.15, 0.2) is 0 Å². The van der Waals surface area contributed by atoms with Crippen LogP contribution in [0.1, 0.15) is 17.5 Å². The van der Waals surface area contributed by atoms with Crippen molar-refractivity contribution in [3.63, 3.8) is 0 Å². The van der Waals surface area contributed by atoms with Crippen molar-refractivity contribution in [1.29, 1.82) is 0 Å². The highest BCUT2D eigenvalue weighted by atomic mass is 16.5. The first-order chi connectivity index (χ1) is 12.1. The van der Waals surface area contributed by atoms with E-state index < -0.39 is 0 Å². The van der Waals surface area contributed by atoms with Gasteiger partial charge in [-0.2, -0.15) is 15.0 Å². The minimum absolute atomic E-state index is 0.0367. The third-order valence-electron chi connectivity index (χ3n) is 4.70. The highest BCUT2D eigenvalue weighted by molar-refractivity contribution is 5.92. The summed E-state index contributed by atoms with van der Waals surface area (Å²) in [5, 5.41) is 16.8. The number of pyridine rings is 1. The fourth-order valence-electron chi connectivity index (χ4n) is 3.41. The fraction of sp³-hybridized carbons (Fsp3) is 0.588. The standard InChI is InChI=1S/C17H26N6O2/c1-10-12(6-8-24)16(25-4)20-15-13(10)14(18-2)21-17(22-15)19-11-5-7-23(3)9-11/h11,24H,5-9H2,1-4H3,(H2,18,19,20,21,22)/t11-/m1/s1. The summed E-state index contributed by atoms with van der Waals surface area (Å²) in [5.74, 6) is 1.80. The number of likely N-dealkylation sites (tertiary alicyclic amines) is 1. The lowest BCUT2D eigenvalue weighted by molar-refractivity contribution is 0.295. The van der Waals surface area contributed by atoms with E-state index in [1.165, 1.54) is 0 Å². The van der Waals surface area contributed by atoms with Gasteiger partial charge in [0.15, 0.2) is 5.65 Å². The van der Waals surface area contributed by atoms with E-state index in [4.69, 9.17) is 4.74 Å². The minimum Gasteiger partial charge on any atom is -0.481 e. The van der Waals surface area contributed by atoms with E-state index in [2.05, 4.69) is 37.5 Å². The van der Waals surface area contributed by atoms with Gasteiger partial charge in [-0.3, -0.25) is 0 Å². The molecule has 3 N–H and O–H groups in total. The van der Waals surface area contributed by atoms with Gasteiger partial charge in [0.1, 0.15) is 5.82 Å². The van der Waals surface area contributed by atoms with Gasteiger partial charge in [0.2, 0.25) is 11.8 Å². The number of nitrogens with one attached hydrogen (secondary N) is 2. The maximum atomic E-state index is 9.34. The van der Waals surface area contributed by atoms with Gasteiger partial charge >= 0.3 is 0 Å². The molecule has 136 valence electrons. The predicted molar refractivity (Wildman–Crippen MR) is 98.5 cm³/mol. The molecule has 3 rings (SSSR count). The normalized spacial score (nSPS) is 17.9. The second kappa shape index (κ2) is 7.37. The number of ether oxygens (including phenoxy) is 1. The van der Waals surface area contributed by atoms with Crippen LogP contribution in [-0.4, -0.2) is 71.9 Å². The number of fused-ring (bicyclic) bond motifs is 1. The van der Waals surface area contributed by atoms with Crippen molar-refractivity contribution >= 4 is 22.8 Å². The quantitative estimate of drug-likeness (QED) is 0.714. The molecule has 0 radical (unpaired) electrons. The average molecular weight is 346 g/mol. The van der Waals surface area contributed by atoms with Crippen molar-refractivity contribution < 1.29 is 9.84 Å². The fourth-order valence-corrected chi connectivity index (χ4v) is 3.41. The number of hydrogen-bond acceptors (Lipinski definition) is 8. The van der Waals surface area contributed by atoms with Gasteiger partial charge in [-0.15, -0.1) is 0 Å². The van der Waals surface area contributed by atoms with Crippen molar-refractivity contribution in [2.24, 2.45) is 0 Å². The molecule has 25 heavy (non-hydrogen) atoms. The first-order valence-corrected chi connectivity index (χ1v) is 8.56. The Morgan fingerprint density at radius 2 is 2.12 bits per heavy atom. The molecule has 0 unspecified atom stereocenters. The molecule has 0 spiro atoms. The molecule has 1 atom stereocenters. The third kappa shape index (κ3) is 3.45. The van der Waals surface area contributed by atoms with Crippen molar-refractivity contribution in [3.8, 4) is 5.88 Å². The Morgan fingerprint density at radius 1 is 1.32 bits per heavy atom. The number of rotatable bonds is 6. The summed E-state index contributed by atoms with van der Waals surface area (Å²) >= 11 is 0. The lowest BCUT2D eigenvalue weighted by Gasteiger charge is -2.17. The highest BCUT2D eigenvalue weighted by Gasteiger charge is 2.22. The van der Waals surface area contributed by atoms with Gasteiger partial charge in [0, 0.05) is 38.2 Å². The SMILES string of the molecule is CNc1nc(N[C@@H]2CCN(C)C2)nc2nc(OC)c(CCO)c(C)c12. The first kappa shape index (κ1) is 17.6. The van der Waals surface area contributed by atoms with Crippen LogP contribution in [0.2, 0.25) is 0 Å². The molecule has 0 amide bonds. The van der Waals surface area contributed by atoms with Gasteiger partial charge in [0.25, 0.3) is 0 Å². The second-order valence-corrected chi connectivity index (χ2v) is 6.43. The van der Waals surface area contributed by atoms with Crippen molar-refractivity contribution in [1.82, 2.24) is 19.9 Å². The van der Waals surface area contributed by atoms with Gasteiger partial charge in [-0.05, 0) is 32.5 Å². The Balaban J connectivity index is 2.06. The van der Waals surface area contributed by atoms with Crippen molar-refractivity contribution in [2.45, 2.75) is 25.8 Å². The van der Waals surface area contributed by atoms with Crippen LogP contribution < -0.4 is 15.4 Å². The number of aromatic nitrogens is 3. The molecule has 3 heterocycles. The molecule has 8 nitrogen and oxygen atoms in total. The molecular formula is C17H26N6O2. The van der Waals surface area contributed by atoms with Crippen LogP contribution in [0.4, 0.5) is 11.8 Å². The Morgan fingerprint density at radius 3 is 2.72 bits per heavy atom. The molecule has 1 aliphatic rings. The summed E-state index contributed by atoms with van der Waals surface area (Å²) in [5.41, 5.74) is 2.45. The maximum absolute atomic E-state index is 9.34. The van der Waals surface area contributed by atoms with Gasteiger partial charge in [0.05, 0.1) is 12.5 Å². The van der Waals surface area contributed by atoms with E-state index in [-0.39, 0.29) is 6.61 Å². The number of aliphatic hydroxyl groups is 1. The highest BCUT2D eigenvalue weighted by Crippen LogP contribution is 2.31. The number of aliphatic hydroxyl groups excluding tert-OH is 1. The van der Waals surface area contributed by atoms with Gasteiger partial charge < -0.3 is 25.4 Å². The molecule has 8 heteroatoms. The van der Waals surface area contributed by atoms with Crippen LogP contribution in [0.25, 0.3) is 11.0 Å². The van der Waals surface area contributed by atoms with Crippen LogP contribution >= 0.6 is 0 Å². The monoisotopic (exact) mass is 346 g/mol. The van der Waals surface area contributed by atoms with Crippen molar-refractivity contribution in [3.05, 3.63) is 11.1 Å². The largest absolute Gasteiger partial charge is 0.481 e. The van der Waals surface area contributed by atoms with Crippen LogP contribution in [0.3, 0.4) is 0 Å². The smallest absolute Gasteiger partial charge is 0.226 e. The Kier molecular flexibility index (Phi) is 5.19. The topological polar surface area (TPSA) is 95.4 Å². The average Bonchev–Trinajstić information content (AvgIpc) is 3.01. The Hall–Kier alpha value is -2.19. The maximum Gasteiger partial charge on any atom is 0.226 e. The molecule has 0 aromatic carbocycles. The zero-order valence-electron chi connectivity index (χ0n) is 15.3. The van der Waals surface area contributed by atoms with Crippen LogP contribution in [0.5, 0.6) is 5.88 Å². The molecule has 1 fully saturated rings. The number of nitrogens with zero attached hydrogens (tertiary/aromatic N) is 4. The summed E-state index contributed by atoms with van der Waals surface area (Å²) in [6, 6.07) is 0.337. The summed E-state index contributed by atoms with van der Waals surface area (Å²) in [6.07, 6.45) is 1.55.